The summed E-state index contributed by atoms with van der Waals surface area (Å²) in [4.78, 5) is 22.5. The largest absolute Gasteiger partial charge is 0.494 e. The summed E-state index contributed by atoms with van der Waals surface area (Å²) in [5, 5.41) is 9.13. The standard InChI is InChI=1S/C18H18N6O2S/c1-3-26-12-6-4-11(5-7-12)13-8-27-16-14(13)17(25)24(9-20-16)10(2)15-21-18(19)23-22-15/h4-10H,3H2,1-2H3,(H3,19,21,22,23)/t10-/m0/s1. The Bertz CT molecular complexity index is 1140. The zero-order valence-corrected chi connectivity index (χ0v) is 15.7. The second-order valence-electron chi connectivity index (χ2n) is 6.00. The van der Waals surface area contributed by atoms with E-state index < -0.39 is 0 Å². The second kappa shape index (κ2) is 6.84. The minimum atomic E-state index is -0.368. The van der Waals surface area contributed by atoms with E-state index in [0.717, 1.165) is 16.9 Å². The van der Waals surface area contributed by atoms with Gasteiger partial charge in [-0.25, -0.2) is 4.98 Å². The Kier molecular flexibility index (Phi) is 4.36. The van der Waals surface area contributed by atoms with E-state index in [4.69, 9.17) is 10.5 Å². The van der Waals surface area contributed by atoms with Crippen LogP contribution in [-0.2, 0) is 0 Å². The van der Waals surface area contributed by atoms with Crippen LogP contribution in [0.2, 0.25) is 0 Å². The first kappa shape index (κ1) is 17.2. The molecule has 1 aromatic carbocycles. The molecule has 0 spiro atoms. The van der Waals surface area contributed by atoms with Crippen molar-refractivity contribution in [2.75, 3.05) is 12.3 Å². The maximum atomic E-state index is 13.2. The molecule has 1 atom stereocenters. The highest BCUT2D eigenvalue weighted by Crippen LogP contribution is 2.32. The second-order valence-corrected chi connectivity index (χ2v) is 6.86. The molecule has 0 fully saturated rings. The Labute approximate surface area is 158 Å². The first-order chi connectivity index (χ1) is 13.1. The van der Waals surface area contributed by atoms with Crippen LogP contribution in [0.25, 0.3) is 21.3 Å². The molecular formula is C18H18N6O2S. The minimum absolute atomic E-state index is 0.132. The maximum absolute atomic E-state index is 13.2. The van der Waals surface area contributed by atoms with Crippen LogP contribution in [0.15, 0.2) is 40.8 Å². The summed E-state index contributed by atoms with van der Waals surface area (Å²) in [6.45, 7) is 4.40. The highest BCUT2D eigenvalue weighted by atomic mass is 32.1. The number of anilines is 1. The van der Waals surface area contributed by atoms with E-state index in [0.29, 0.717) is 22.6 Å². The number of benzene rings is 1. The van der Waals surface area contributed by atoms with Crippen molar-refractivity contribution in [3.8, 4) is 16.9 Å². The average molecular weight is 382 g/mol. The first-order valence-electron chi connectivity index (χ1n) is 8.47. The van der Waals surface area contributed by atoms with Gasteiger partial charge in [0.2, 0.25) is 5.95 Å². The molecule has 4 aromatic rings. The van der Waals surface area contributed by atoms with Gasteiger partial charge in [-0.05, 0) is 31.5 Å². The van der Waals surface area contributed by atoms with E-state index in [1.807, 2.05) is 43.5 Å². The van der Waals surface area contributed by atoms with Gasteiger partial charge in [-0.3, -0.25) is 14.5 Å². The number of ether oxygens (including phenoxy) is 1. The van der Waals surface area contributed by atoms with Crippen molar-refractivity contribution in [3.63, 3.8) is 0 Å². The molecule has 8 nitrogen and oxygen atoms in total. The summed E-state index contributed by atoms with van der Waals surface area (Å²) in [5.74, 6) is 1.45. The molecule has 0 saturated carbocycles. The number of nitrogens with two attached hydrogens (primary N) is 1. The molecule has 0 aliphatic rings. The van der Waals surface area contributed by atoms with E-state index >= 15 is 0 Å². The number of fused-ring (bicyclic) bond motifs is 1. The van der Waals surface area contributed by atoms with E-state index in [-0.39, 0.29) is 17.5 Å². The fraction of sp³-hybridized carbons (Fsp3) is 0.222. The summed E-state index contributed by atoms with van der Waals surface area (Å²) < 4.78 is 7.02. The van der Waals surface area contributed by atoms with Crippen LogP contribution in [0.3, 0.4) is 0 Å². The third-order valence-corrected chi connectivity index (χ3v) is 5.22. The highest BCUT2D eigenvalue weighted by molar-refractivity contribution is 7.17. The van der Waals surface area contributed by atoms with Crippen LogP contribution in [0.1, 0.15) is 25.7 Å². The molecule has 0 unspecified atom stereocenters. The maximum Gasteiger partial charge on any atom is 0.263 e. The van der Waals surface area contributed by atoms with Crippen LogP contribution < -0.4 is 16.0 Å². The molecule has 4 rings (SSSR count). The molecule has 3 N–H and O–H groups in total. The Morgan fingerprint density at radius 3 is 2.78 bits per heavy atom. The molecule has 0 radical (unpaired) electrons. The van der Waals surface area contributed by atoms with Crippen LogP contribution in [0.5, 0.6) is 5.75 Å². The molecule has 0 saturated heterocycles. The van der Waals surface area contributed by atoms with E-state index in [1.54, 1.807) is 0 Å². The zero-order valence-electron chi connectivity index (χ0n) is 14.8. The van der Waals surface area contributed by atoms with Gasteiger partial charge in [0.15, 0.2) is 0 Å². The minimum Gasteiger partial charge on any atom is -0.494 e. The molecule has 0 aliphatic heterocycles. The summed E-state index contributed by atoms with van der Waals surface area (Å²) in [5.41, 5.74) is 7.24. The number of H-pyrrole nitrogens is 1. The Balaban J connectivity index is 1.80. The van der Waals surface area contributed by atoms with Gasteiger partial charge in [-0.15, -0.1) is 16.4 Å². The lowest BCUT2D eigenvalue weighted by molar-refractivity contribution is 0.340. The van der Waals surface area contributed by atoms with Crippen molar-refractivity contribution in [1.29, 1.82) is 0 Å². The van der Waals surface area contributed by atoms with Gasteiger partial charge in [-0.1, -0.05) is 12.1 Å². The van der Waals surface area contributed by atoms with Gasteiger partial charge in [0.05, 0.1) is 24.4 Å². The number of aromatic nitrogens is 5. The van der Waals surface area contributed by atoms with Crippen molar-refractivity contribution in [1.82, 2.24) is 24.7 Å². The number of hydrogen-bond donors (Lipinski definition) is 2. The lowest BCUT2D eigenvalue weighted by Gasteiger charge is -2.12. The molecule has 9 heteroatoms. The number of thiophene rings is 1. The number of rotatable bonds is 5. The molecule has 27 heavy (non-hydrogen) atoms. The molecule has 3 aromatic heterocycles. The third kappa shape index (κ3) is 3.06. The highest BCUT2D eigenvalue weighted by Gasteiger charge is 2.18. The van der Waals surface area contributed by atoms with Crippen molar-refractivity contribution >= 4 is 27.5 Å². The number of nitrogens with zero attached hydrogens (tertiary/aromatic N) is 4. The Hall–Kier alpha value is -3.20. The average Bonchev–Trinajstić information content (AvgIpc) is 3.29. The molecule has 3 heterocycles. The fourth-order valence-corrected chi connectivity index (χ4v) is 3.84. The van der Waals surface area contributed by atoms with Crippen LogP contribution in [0.4, 0.5) is 5.95 Å². The number of hydrogen-bond acceptors (Lipinski definition) is 7. The summed E-state index contributed by atoms with van der Waals surface area (Å²) in [6, 6.07) is 7.33. The van der Waals surface area contributed by atoms with Crippen molar-refractivity contribution in [3.05, 3.63) is 52.2 Å². The zero-order chi connectivity index (χ0) is 19.0. The van der Waals surface area contributed by atoms with Gasteiger partial charge in [0, 0.05) is 10.9 Å². The van der Waals surface area contributed by atoms with Gasteiger partial charge in [0.1, 0.15) is 16.4 Å². The Morgan fingerprint density at radius 2 is 2.11 bits per heavy atom. The molecule has 0 aliphatic carbocycles. The number of nitrogens with one attached hydrogen (secondary N) is 1. The summed E-state index contributed by atoms with van der Waals surface area (Å²) in [7, 11) is 0. The fourth-order valence-electron chi connectivity index (χ4n) is 2.94. The molecule has 0 amide bonds. The molecule has 138 valence electrons. The van der Waals surface area contributed by atoms with Crippen LogP contribution in [0, 0.1) is 0 Å². The molecule has 0 bridgehead atoms. The normalized spacial score (nSPS) is 12.4. The van der Waals surface area contributed by atoms with E-state index in [9.17, 15) is 4.79 Å². The lowest BCUT2D eigenvalue weighted by Crippen LogP contribution is -2.25. The summed E-state index contributed by atoms with van der Waals surface area (Å²) >= 11 is 1.45. The quantitative estimate of drug-likeness (QED) is 0.549. The van der Waals surface area contributed by atoms with Crippen molar-refractivity contribution in [2.45, 2.75) is 19.9 Å². The predicted octanol–water partition coefficient (Wildman–Crippen LogP) is 2.83. The van der Waals surface area contributed by atoms with Gasteiger partial charge < -0.3 is 10.5 Å². The summed E-state index contributed by atoms with van der Waals surface area (Å²) in [6.07, 6.45) is 1.53. The van der Waals surface area contributed by atoms with Crippen LogP contribution >= 0.6 is 11.3 Å². The molecular weight excluding hydrogens is 364 g/mol. The lowest BCUT2D eigenvalue weighted by atomic mass is 10.1. The number of nitrogen functional groups attached to an aromatic ring is 1. The van der Waals surface area contributed by atoms with E-state index in [2.05, 4.69) is 20.2 Å². The van der Waals surface area contributed by atoms with Crippen LogP contribution in [-0.4, -0.2) is 31.3 Å². The predicted molar refractivity (Wildman–Crippen MR) is 105 cm³/mol. The first-order valence-corrected chi connectivity index (χ1v) is 9.35. The Morgan fingerprint density at radius 1 is 1.33 bits per heavy atom. The SMILES string of the molecule is CCOc1ccc(-c2csc3ncn([C@@H](C)c4nc(N)n[nH]4)c(=O)c23)cc1. The topological polar surface area (TPSA) is 112 Å². The van der Waals surface area contributed by atoms with Gasteiger partial charge in [0.25, 0.3) is 5.56 Å². The van der Waals surface area contributed by atoms with Crippen molar-refractivity contribution < 1.29 is 4.74 Å². The van der Waals surface area contributed by atoms with E-state index in [1.165, 1.54) is 22.2 Å². The van der Waals surface area contributed by atoms with Crippen molar-refractivity contribution in [2.24, 2.45) is 0 Å². The monoisotopic (exact) mass is 382 g/mol. The van der Waals surface area contributed by atoms with Gasteiger partial charge >= 0.3 is 0 Å². The van der Waals surface area contributed by atoms with Gasteiger partial charge in [-0.2, -0.15) is 4.98 Å². The third-order valence-electron chi connectivity index (χ3n) is 4.33. The smallest absolute Gasteiger partial charge is 0.263 e. The number of aromatic amines is 1.